The third kappa shape index (κ3) is 2.77. The Hall–Kier alpha value is -3.12. The second kappa shape index (κ2) is 6.07. The lowest BCUT2D eigenvalue weighted by atomic mass is 9.97. The first-order valence-electron chi connectivity index (χ1n) is 7.67. The number of benzene rings is 2. The normalized spacial score (nSPS) is 12.9. The van der Waals surface area contributed by atoms with Crippen LogP contribution in [-0.4, -0.2) is 18.3 Å². The van der Waals surface area contributed by atoms with Crippen molar-refractivity contribution in [3.05, 3.63) is 65.0 Å². The highest BCUT2D eigenvalue weighted by molar-refractivity contribution is 7.15. The first-order chi connectivity index (χ1) is 12.1. The molecule has 1 aliphatic rings. The van der Waals surface area contributed by atoms with E-state index < -0.39 is 0 Å². The molecule has 3 aromatic rings. The molecule has 0 saturated heterocycles. The highest BCUT2D eigenvalue weighted by Crippen LogP contribution is 2.36. The van der Waals surface area contributed by atoms with E-state index in [2.05, 4.69) is 5.32 Å². The molecule has 2 heterocycles. The van der Waals surface area contributed by atoms with Crippen LogP contribution in [-0.2, 0) is 4.79 Å². The van der Waals surface area contributed by atoms with E-state index in [0.29, 0.717) is 27.6 Å². The van der Waals surface area contributed by atoms with Crippen LogP contribution in [0.15, 0.2) is 53.9 Å². The Labute approximate surface area is 148 Å². The van der Waals surface area contributed by atoms with Crippen molar-refractivity contribution in [1.29, 1.82) is 0 Å². The van der Waals surface area contributed by atoms with Gasteiger partial charge in [0.1, 0.15) is 5.75 Å². The molecule has 0 saturated carbocycles. The van der Waals surface area contributed by atoms with Gasteiger partial charge in [-0.1, -0.05) is 30.3 Å². The first kappa shape index (κ1) is 15.4. The van der Waals surface area contributed by atoms with Gasteiger partial charge in [-0.25, -0.2) is 0 Å². The average Bonchev–Trinajstić information content (AvgIpc) is 3.02. The van der Waals surface area contributed by atoms with Crippen LogP contribution in [0.1, 0.15) is 15.9 Å². The Balaban J connectivity index is 1.77. The molecule has 0 unspecified atom stereocenters. The third-order valence-corrected chi connectivity index (χ3v) is 4.82. The number of amides is 1. The van der Waals surface area contributed by atoms with Crippen molar-refractivity contribution >= 4 is 33.7 Å². The Kier molecular flexibility index (Phi) is 3.74. The molecule has 0 fully saturated rings. The van der Waals surface area contributed by atoms with E-state index in [4.69, 9.17) is 10.5 Å². The van der Waals surface area contributed by atoms with Gasteiger partial charge in [0.2, 0.25) is 0 Å². The van der Waals surface area contributed by atoms with Crippen molar-refractivity contribution in [2.75, 3.05) is 17.7 Å². The van der Waals surface area contributed by atoms with Crippen LogP contribution in [0.5, 0.6) is 5.75 Å². The maximum Gasteiger partial charge on any atom is 0.262 e. The minimum Gasteiger partial charge on any atom is -0.482 e. The number of ketones is 1. The molecule has 124 valence electrons. The van der Waals surface area contributed by atoms with Crippen LogP contribution >= 0.6 is 11.3 Å². The molecule has 3 N–H and O–H groups in total. The molecule has 0 bridgehead atoms. The van der Waals surface area contributed by atoms with Gasteiger partial charge in [-0.05, 0) is 23.8 Å². The van der Waals surface area contributed by atoms with Crippen LogP contribution < -0.4 is 15.8 Å². The second-order valence-corrected chi connectivity index (χ2v) is 6.54. The van der Waals surface area contributed by atoms with Crippen molar-refractivity contribution in [1.82, 2.24) is 0 Å². The number of carbonyl (C=O) groups excluding carboxylic acids is 2. The van der Waals surface area contributed by atoms with Gasteiger partial charge in [0.15, 0.2) is 12.4 Å². The fourth-order valence-corrected chi connectivity index (χ4v) is 3.63. The van der Waals surface area contributed by atoms with Crippen molar-refractivity contribution in [2.24, 2.45) is 0 Å². The van der Waals surface area contributed by atoms with Gasteiger partial charge < -0.3 is 15.8 Å². The number of hydrogen-bond donors (Lipinski definition) is 2. The van der Waals surface area contributed by atoms with E-state index in [-0.39, 0.29) is 18.3 Å². The molecule has 25 heavy (non-hydrogen) atoms. The monoisotopic (exact) mass is 350 g/mol. The Morgan fingerprint density at radius 2 is 1.96 bits per heavy atom. The number of thiophene rings is 1. The topological polar surface area (TPSA) is 81.4 Å². The Morgan fingerprint density at radius 1 is 1.16 bits per heavy atom. The van der Waals surface area contributed by atoms with Gasteiger partial charge in [-0.3, -0.25) is 9.59 Å². The number of nitrogen functional groups attached to an aromatic ring is 1. The number of anilines is 2. The molecule has 6 heteroatoms. The second-order valence-electron chi connectivity index (χ2n) is 5.63. The number of fused-ring (bicyclic) bond motifs is 1. The fraction of sp³-hybridized carbons (Fsp3) is 0.0526. The summed E-state index contributed by atoms with van der Waals surface area (Å²) in [6.45, 7) is -0.0179. The highest BCUT2D eigenvalue weighted by atomic mass is 32.1. The first-order valence-corrected chi connectivity index (χ1v) is 8.55. The molecular weight excluding hydrogens is 336 g/mol. The van der Waals surface area contributed by atoms with E-state index in [1.165, 1.54) is 11.3 Å². The number of hydrogen-bond acceptors (Lipinski definition) is 5. The predicted molar refractivity (Wildman–Crippen MR) is 98.2 cm³/mol. The van der Waals surface area contributed by atoms with Crippen molar-refractivity contribution in [2.45, 2.75) is 0 Å². The highest BCUT2D eigenvalue weighted by Gasteiger charge is 2.23. The molecular formula is C19H14N2O3S. The summed E-state index contributed by atoms with van der Waals surface area (Å²) in [5.41, 5.74) is 9.26. The lowest BCUT2D eigenvalue weighted by Gasteiger charge is -2.18. The maximum absolute atomic E-state index is 13.1. The summed E-state index contributed by atoms with van der Waals surface area (Å²) in [4.78, 5) is 24.6. The van der Waals surface area contributed by atoms with E-state index in [9.17, 15) is 9.59 Å². The number of carbonyl (C=O) groups is 2. The van der Waals surface area contributed by atoms with Crippen LogP contribution in [0.2, 0.25) is 0 Å². The smallest absolute Gasteiger partial charge is 0.262 e. The fourth-order valence-electron chi connectivity index (χ4n) is 2.81. The predicted octanol–water partition coefficient (Wildman–Crippen LogP) is 3.56. The van der Waals surface area contributed by atoms with E-state index in [1.54, 1.807) is 18.2 Å². The van der Waals surface area contributed by atoms with Gasteiger partial charge in [-0.15, -0.1) is 11.3 Å². The van der Waals surface area contributed by atoms with Gasteiger partial charge in [0, 0.05) is 16.5 Å². The maximum atomic E-state index is 13.1. The lowest BCUT2D eigenvalue weighted by Crippen LogP contribution is -2.25. The molecule has 0 spiro atoms. The molecule has 2 aromatic carbocycles. The summed E-state index contributed by atoms with van der Waals surface area (Å²) in [7, 11) is 0. The summed E-state index contributed by atoms with van der Waals surface area (Å²) in [6.07, 6.45) is 0. The largest absolute Gasteiger partial charge is 0.482 e. The SMILES string of the molecule is Nc1scc(-c2ccccc2)c1C(=O)c1ccc2c(c1)NC(=O)CO2. The van der Waals surface area contributed by atoms with E-state index in [0.717, 1.165) is 11.1 Å². The van der Waals surface area contributed by atoms with E-state index >= 15 is 0 Å². The lowest BCUT2D eigenvalue weighted by molar-refractivity contribution is -0.118. The van der Waals surface area contributed by atoms with Crippen molar-refractivity contribution in [3.63, 3.8) is 0 Å². The van der Waals surface area contributed by atoms with Crippen LogP contribution in [0.4, 0.5) is 10.7 Å². The minimum atomic E-state index is -0.239. The zero-order valence-corrected chi connectivity index (χ0v) is 13.9. The average molecular weight is 350 g/mol. The van der Waals surface area contributed by atoms with E-state index in [1.807, 2.05) is 35.7 Å². The third-order valence-electron chi connectivity index (χ3n) is 4.01. The molecule has 1 amide bonds. The standard InChI is InChI=1S/C19H14N2O3S/c20-19-17(13(10-25-19)11-4-2-1-3-5-11)18(23)12-6-7-15-14(8-12)21-16(22)9-24-15/h1-8,10H,9,20H2,(H,21,22). The van der Waals surface area contributed by atoms with Gasteiger partial charge in [0.05, 0.1) is 16.3 Å². The summed E-state index contributed by atoms with van der Waals surface area (Å²) in [5.74, 6) is 0.134. The molecule has 1 aliphatic heterocycles. The molecule has 1 aromatic heterocycles. The summed E-state index contributed by atoms with van der Waals surface area (Å²) >= 11 is 1.34. The summed E-state index contributed by atoms with van der Waals surface area (Å²) in [6, 6.07) is 14.6. The number of nitrogens with two attached hydrogens (primary N) is 1. The summed E-state index contributed by atoms with van der Waals surface area (Å²) < 4.78 is 5.33. The number of rotatable bonds is 3. The van der Waals surface area contributed by atoms with Crippen LogP contribution in [0, 0.1) is 0 Å². The van der Waals surface area contributed by atoms with Gasteiger partial charge >= 0.3 is 0 Å². The molecule has 0 atom stereocenters. The Morgan fingerprint density at radius 3 is 2.76 bits per heavy atom. The van der Waals surface area contributed by atoms with Crippen LogP contribution in [0.3, 0.4) is 0 Å². The molecule has 4 rings (SSSR count). The Bertz CT molecular complexity index is 980. The zero-order chi connectivity index (χ0) is 17.4. The van der Waals surface area contributed by atoms with Gasteiger partial charge in [0.25, 0.3) is 5.91 Å². The zero-order valence-electron chi connectivity index (χ0n) is 13.1. The van der Waals surface area contributed by atoms with Crippen molar-refractivity contribution < 1.29 is 14.3 Å². The quantitative estimate of drug-likeness (QED) is 0.708. The van der Waals surface area contributed by atoms with Gasteiger partial charge in [-0.2, -0.15) is 0 Å². The van der Waals surface area contributed by atoms with Crippen LogP contribution in [0.25, 0.3) is 11.1 Å². The molecule has 0 aliphatic carbocycles. The summed E-state index contributed by atoms with van der Waals surface area (Å²) in [5, 5.41) is 5.08. The molecule has 0 radical (unpaired) electrons. The number of nitrogens with one attached hydrogen (secondary N) is 1. The van der Waals surface area contributed by atoms with Crippen molar-refractivity contribution in [3.8, 4) is 16.9 Å². The molecule has 5 nitrogen and oxygen atoms in total. The minimum absolute atomic E-state index is 0.0179. The number of ether oxygens (including phenoxy) is 1.